The highest BCUT2D eigenvalue weighted by molar-refractivity contribution is 7.08. The van der Waals surface area contributed by atoms with Crippen molar-refractivity contribution in [2.24, 2.45) is 0 Å². The fraction of sp³-hybridized carbons (Fsp3) is 0.500. The van der Waals surface area contributed by atoms with Crippen molar-refractivity contribution in [3.63, 3.8) is 0 Å². The van der Waals surface area contributed by atoms with E-state index in [9.17, 15) is 4.79 Å². The second-order valence-corrected chi connectivity index (χ2v) is 7.17. The zero-order valence-electron chi connectivity index (χ0n) is 13.9. The van der Waals surface area contributed by atoms with Crippen LogP contribution in [0, 0.1) is 0 Å². The maximum atomic E-state index is 12.7. The van der Waals surface area contributed by atoms with E-state index >= 15 is 0 Å². The zero-order valence-corrected chi connectivity index (χ0v) is 15.5. The Morgan fingerprint density at radius 2 is 1.96 bits per heavy atom. The molecule has 1 unspecified atom stereocenters. The Morgan fingerprint density at radius 1 is 1.17 bits per heavy atom. The van der Waals surface area contributed by atoms with E-state index in [2.05, 4.69) is 25.3 Å². The minimum absolute atomic E-state index is 0.0117. The second kappa shape index (κ2) is 9.73. The SMILES string of the molecule is CCCCCC(CC)OC(=O)N(Cc1ccsc1)c1ccsc1. The molecule has 2 rings (SSSR count). The molecule has 3 nitrogen and oxygen atoms in total. The van der Waals surface area contributed by atoms with Crippen LogP contribution in [0.4, 0.5) is 10.5 Å². The standard InChI is InChI=1S/C18H25NO2S2/c1-3-5-6-7-17(4-2)21-18(20)19(16-9-11-23-14-16)12-15-8-10-22-13-15/h8-11,13-14,17H,3-7,12H2,1-2H3. The first kappa shape index (κ1) is 18.0. The number of ether oxygens (including phenoxy) is 1. The third kappa shape index (κ3) is 5.66. The second-order valence-electron chi connectivity index (χ2n) is 5.61. The molecule has 2 aromatic rings. The number of hydrogen-bond donors (Lipinski definition) is 0. The van der Waals surface area contributed by atoms with Crippen molar-refractivity contribution in [1.82, 2.24) is 0 Å². The van der Waals surface area contributed by atoms with Gasteiger partial charge in [0.25, 0.3) is 0 Å². The topological polar surface area (TPSA) is 29.5 Å². The van der Waals surface area contributed by atoms with Crippen molar-refractivity contribution in [3.8, 4) is 0 Å². The first-order valence-electron chi connectivity index (χ1n) is 8.26. The largest absolute Gasteiger partial charge is 0.446 e. The third-order valence-corrected chi connectivity index (χ3v) is 5.21. The minimum atomic E-state index is -0.238. The molecule has 1 amide bonds. The first-order valence-corrected chi connectivity index (χ1v) is 10.1. The molecule has 0 bridgehead atoms. The van der Waals surface area contributed by atoms with Gasteiger partial charge in [0.15, 0.2) is 0 Å². The number of carbonyl (C=O) groups is 1. The van der Waals surface area contributed by atoms with Gasteiger partial charge in [-0.3, -0.25) is 4.90 Å². The maximum Gasteiger partial charge on any atom is 0.414 e. The van der Waals surface area contributed by atoms with Crippen LogP contribution in [0.3, 0.4) is 0 Å². The molecule has 0 saturated carbocycles. The van der Waals surface area contributed by atoms with E-state index in [0.717, 1.165) is 30.5 Å². The summed E-state index contributed by atoms with van der Waals surface area (Å²) >= 11 is 3.24. The van der Waals surface area contributed by atoms with Crippen molar-refractivity contribution < 1.29 is 9.53 Å². The van der Waals surface area contributed by atoms with Crippen LogP contribution in [0.1, 0.15) is 51.5 Å². The van der Waals surface area contributed by atoms with Crippen molar-refractivity contribution in [1.29, 1.82) is 0 Å². The maximum absolute atomic E-state index is 12.7. The highest BCUT2D eigenvalue weighted by Gasteiger charge is 2.21. The number of rotatable bonds is 9. The molecule has 5 heteroatoms. The molecule has 23 heavy (non-hydrogen) atoms. The van der Waals surface area contributed by atoms with E-state index in [-0.39, 0.29) is 12.2 Å². The Labute approximate surface area is 146 Å². The average molecular weight is 352 g/mol. The number of anilines is 1. The summed E-state index contributed by atoms with van der Waals surface area (Å²) in [5.41, 5.74) is 2.05. The van der Waals surface area contributed by atoms with Crippen LogP contribution in [0.25, 0.3) is 0 Å². The Balaban J connectivity index is 2.01. The molecule has 0 aliphatic rings. The van der Waals surface area contributed by atoms with E-state index in [1.807, 2.05) is 22.2 Å². The van der Waals surface area contributed by atoms with Crippen molar-refractivity contribution >= 4 is 34.5 Å². The molecule has 0 fully saturated rings. The molecule has 0 aromatic carbocycles. The molecule has 0 spiro atoms. The lowest BCUT2D eigenvalue weighted by Crippen LogP contribution is -2.33. The predicted molar refractivity (Wildman–Crippen MR) is 99.5 cm³/mol. The van der Waals surface area contributed by atoms with Crippen molar-refractivity contribution in [3.05, 3.63) is 39.2 Å². The lowest BCUT2D eigenvalue weighted by atomic mass is 10.1. The Hall–Kier alpha value is -1.33. The lowest BCUT2D eigenvalue weighted by molar-refractivity contribution is 0.0944. The van der Waals surface area contributed by atoms with Crippen LogP contribution in [-0.4, -0.2) is 12.2 Å². The molecule has 0 radical (unpaired) electrons. The van der Waals surface area contributed by atoms with Crippen LogP contribution >= 0.6 is 22.7 Å². The summed E-state index contributed by atoms with van der Waals surface area (Å²) in [7, 11) is 0. The number of hydrogen-bond acceptors (Lipinski definition) is 4. The minimum Gasteiger partial charge on any atom is -0.446 e. The molecular weight excluding hydrogens is 326 g/mol. The van der Waals surface area contributed by atoms with Crippen LogP contribution in [0.5, 0.6) is 0 Å². The van der Waals surface area contributed by atoms with E-state index < -0.39 is 0 Å². The van der Waals surface area contributed by atoms with E-state index in [1.165, 1.54) is 12.8 Å². The zero-order chi connectivity index (χ0) is 16.5. The fourth-order valence-electron chi connectivity index (χ4n) is 2.41. The lowest BCUT2D eigenvalue weighted by Gasteiger charge is -2.24. The molecule has 0 saturated heterocycles. The van der Waals surface area contributed by atoms with E-state index in [1.54, 1.807) is 27.6 Å². The summed E-state index contributed by atoms with van der Waals surface area (Å²) in [4.78, 5) is 14.4. The van der Waals surface area contributed by atoms with Gasteiger partial charge in [-0.15, -0.1) is 0 Å². The van der Waals surface area contributed by atoms with Gasteiger partial charge in [0.1, 0.15) is 6.10 Å². The van der Waals surface area contributed by atoms with Crippen molar-refractivity contribution in [2.45, 2.75) is 58.6 Å². The molecule has 2 heterocycles. The van der Waals surface area contributed by atoms with Gasteiger partial charge in [0.2, 0.25) is 0 Å². The van der Waals surface area contributed by atoms with Gasteiger partial charge in [-0.2, -0.15) is 22.7 Å². The summed E-state index contributed by atoms with van der Waals surface area (Å²) in [6.45, 7) is 4.83. The summed E-state index contributed by atoms with van der Waals surface area (Å²) < 4.78 is 5.78. The molecule has 0 aliphatic carbocycles. The quantitative estimate of drug-likeness (QED) is 0.495. The van der Waals surface area contributed by atoms with Crippen LogP contribution < -0.4 is 4.90 Å². The Kier molecular flexibility index (Phi) is 7.62. The normalized spacial score (nSPS) is 12.1. The smallest absolute Gasteiger partial charge is 0.414 e. The van der Waals surface area contributed by atoms with Gasteiger partial charge in [-0.25, -0.2) is 4.79 Å². The average Bonchev–Trinajstić information content (AvgIpc) is 3.24. The summed E-state index contributed by atoms with van der Waals surface area (Å²) in [5.74, 6) is 0. The number of carbonyl (C=O) groups excluding carboxylic acids is 1. The van der Waals surface area contributed by atoms with E-state index in [4.69, 9.17) is 4.74 Å². The molecular formula is C18H25NO2S2. The monoisotopic (exact) mass is 351 g/mol. The van der Waals surface area contributed by atoms with Gasteiger partial charge in [0.05, 0.1) is 12.2 Å². The van der Waals surface area contributed by atoms with Gasteiger partial charge < -0.3 is 4.74 Å². The number of thiophene rings is 2. The van der Waals surface area contributed by atoms with E-state index in [0.29, 0.717) is 6.54 Å². The van der Waals surface area contributed by atoms with Crippen LogP contribution in [0.15, 0.2) is 33.7 Å². The molecule has 0 aliphatic heterocycles. The van der Waals surface area contributed by atoms with Gasteiger partial charge >= 0.3 is 6.09 Å². The predicted octanol–water partition coefficient (Wildman–Crippen LogP) is 6.31. The van der Waals surface area contributed by atoms with Crippen LogP contribution in [0.2, 0.25) is 0 Å². The first-order chi connectivity index (χ1) is 11.2. The number of unbranched alkanes of at least 4 members (excludes halogenated alkanes) is 2. The highest BCUT2D eigenvalue weighted by atomic mass is 32.1. The van der Waals surface area contributed by atoms with Gasteiger partial charge in [-0.05, 0) is 53.1 Å². The number of amides is 1. The molecule has 1 atom stereocenters. The number of nitrogens with zero attached hydrogens (tertiary/aromatic N) is 1. The van der Waals surface area contributed by atoms with Gasteiger partial charge in [0, 0.05) is 5.38 Å². The third-order valence-electron chi connectivity index (χ3n) is 3.81. The van der Waals surface area contributed by atoms with Crippen molar-refractivity contribution in [2.75, 3.05) is 4.90 Å². The molecule has 126 valence electrons. The Bertz CT molecular complexity index is 552. The fourth-order valence-corrected chi connectivity index (χ4v) is 3.71. The summed E-state index contributed by atoms with van der Waals surface area (Å²) in [6.07, 6.45) is 5.08. The van der Waals surface area contributed by atoms with Crippen LogP contribution in [-0.2, 0) is 11.3 Å². The molecule has 2 aromatic heterocycles. The van der Waals surface area contributed by atoms with Gasteiger partial charge in [-0.1, -0.05) is 26.7 Å². The highest BCUT2D eigenvalue weighted by Crippen LogP contribution is 2.23. The molecule has 0 N–H and O–H groups in total. The summed E-state index contributed by atoms with van der Waals surface area (Å²) in [6, 6.07) is 4.02. The Morgan fingerprint density at radius 3 is 2.57 bits per heavy atom. The summed E-state index contributed by atoms with van der Waals surface area (Å²) in [5, 5.41) is 8.09.